The van der Waals surface area contributed by atoms with Crippen molar-refractivity contribution in [2.24, 2.45) is 0 Å². The van der Waals surface area contributed by atoms with Gasteiger partial charge in [0.1, 0.15) is 6.04 Å². The van der Waals surface area contributed by atoms with Crippen LogP contribution in [0, 0.1) is 0 Å². The summed E-state index contributed by atoms with van der Waals surface area (Å²) in [5.74, 6) is -1.45. The molecule has 7 heteroatoms. The quantitative estimate of drug-likeness (QED) is 0.786. The van der Waals surface area contributed by atoms with Crippen LogP contribution in [0.3, 0.4) is 0 Å². The topological polar surface area (TPSA) is 86.8 Å². The number of piperidine rings is 2. The minimum Gasteiger partial charge on any atom is -0.306 e. The summed E-state index contributed by atoms with van der Waals surface area (Å²) in [7, 11) is 2.10. The van der Waals surface area contributed by atoms with E-state index in [2.05, 4.69) is 17.3 Å². The van der Waals surface area contributed by atoms with E-state index in [4.69, 9.17) is 0 Å². The second-order valence-corrected chi connectivity index (χ2v) is 7.33. The molecule has 0 aromatic heterocycles. The maximum Gasteiger partial charge on any atom is 0.262 e. The smallest absolute Gasteiger partial charge is 0.262 e. The molecular formula is C21H27N3O4. The minimum absolute atomic E-state index is 0.130. The van der Waals surface area contributed by atoms with E-state index in [-0.39, 0.29) is 18.7 Å². The molecule has 0 saturated carbocycles. The number of carbonyl (C=O) groups excluding carboxylic acids is 4. The molecule has 7 nitrogen and oxygen atoms in total. The molecule has 0 radical (unpaired) electrons. The van der Waals surface area contributed by atoms with Crippen LogP contribution in [0.25, 0.3) is 0 Å². The number of likely N-dealkylation sites (tertiary alicyclic amines) is 1. The largest absolute Gasteiger partial charge is 0.306 e. The van der Waals surface area contributed by atoms with Gasteiger partial charge in [-0.15, -0.1) is 0 Å². The van der Waals surface area contributed by atoms with Crippen LogP contribution in [-0.4, -0.2) is 59.6 Å². The standard InChI is InChI=1S/C19H21N3O4.C2H6/c1-21-8-6-11(7-9-21)12-2-3-13-14(10-12)19(26)22(18(13)25)15-4-5-16(23)20-17(15)24;1-2/h2-3,10-11,15H,4-9H2,1H3,(H,20,23,24);1-2H3. The Morgan fingerprint density at radius 2 is 1.57 bits per heavy atom. The molecular weight excluding hydrogens is 358 g/mol. The molecule has 2 fully saturated rings. The highest BCUT2D eigenvalue weighted by Gasteiger charge is 2.44. The molecule has 3 heterocycles. The van der Waals surface area contributed by atoms with E-state index in [1.807, 2.05) is 26.0 Å². The Morgan fingerprint density at radius 3 is 2.21 bits per heavy atom. The maximum atomic E-state index is 12.9. The van der Waals surface area contributed by atoms with E-state index in [0.29, 0.717) is 17.0 Å². The third-order valence-corrected chi connectivity index (χ3v) is 5.65. The lowest BCUT2D eigenvalue weighted by Crippen LogP contribution is -2.54. The lowest BCUT2D eigenvalue weighted by molar-refractivity contribution is -0.136. The van der Waals surface area contributed by atoms with Crippen molar-refractivity contribution in [2.75, 3.05) is 20.1 Å². The van der Waals surface area contributed by atoms with E-state index in [1.165, 1.54) is 0 Å². The Bertz CT molecular complexity index is 812. The molecule has 1 atom stereocenters. The Labute approximate surface area is 165 Å². The number of hydrogen-bond donors (Lipinski definition) is 1. The molecule has 0 bridgehead atoms. The summed E-state index contributed by atoms with van der Waals surface area (Å²) < 4.78 is 0. The average Bonchev–Trinajstić information content (AvgIpc) is 2.94. The Morgan fingerprint density at radius 1 is 0.929 bits per heavy atom. The van der Waals surface area contributed by atoms with E-state index in [9.17, 15) is 19.2 Å². The van der Waals surface area contributed by atoms with Gasteiger partial charge in [-0.3, -0.25) is 29.4 Å². The van der Waals surface area contributed by atoms with Crippen LogP contribution in [-0.2, 0) is 9.59 Å². The van der Waals surface area contributed by atoms with Crippen molar-refractivity contribution in [3.8, 4) is 0 Å². The molecule has 1 N–H and O–H groups in total. The van der Waals surface area contributed by atoms with Gasteiger partial charge in [0.25, 0.3) is 11.8 Å². The Balaban J connectivity index is 0.00000109. The van der Waals surface area contributed by atoms with Crippen LogP contribution in [0.15, 0.2) is 18.2 Å². The van der Waals surface area contributed by atoms with Gasteiger partial charge in [-0.05, 0) is 63.0 Å². The second-order valence-electron chi connectivity index (χ2n) is 7.33. The maximum absolute atomic E-state index is 12.9. The Hall–Kier alpha value is -2.54. The first-order valence-corrected chi connectivity index (χ1v) is 10.00. The fraction of sp³-hybridized carbons (Fsp3) is 0.524. The third kappa shape index (κ3) is 3.58. The van der Waals surface area contributed by atoms with Crippen LogP contribution in [0.1, 0.15) is 71.7 Å². The highest BCUT2D eigenvalue weighted by atomic mass is 16.2. The lowest BCUT2D eigenvalue weighted by atomic mass is 9.88. The van der Waals surface area contributed by atoms with Crippen LogP contribution >= 0.6 is 0 Å². The van der Waals surface area contributed by atoms with Gasteiger partial charge in [-0.2, -0.15) is 0 Å². The van der Waals surface area contributed by atoms with Gasteiger partial charge in [0.15, 0.2) is 0 Å². The Kier molecular flexibility index (Phi) is 5.93. The van der Waals surface area contributed by atoms with Crippen LogP contribution in [0.2, 0.25) is 0 Å². The van der Waals surface area contributed by atoms with Gasteiger partial charge in [0.05, 0.1) is 11.1 Å². The van der Waals surface area contributed by atoms with Crippen molar-refractivity contribution in [2.45, 2.75) is 51.5 Å². The molecule has 1 aromatic rings. The predicted octanol–water partition coefficient (Wildman–Crippen LogP) is 1.92. The fourth-order valence-corrected chi connectivity index (χ4v) is 4.08. The number of hydrogen-bond acceptors (Lipinski definition) is 5. The highest BCUT2D eigenvalue weighted by Crippen LogP contribution is 2.33. The molecule has 1 unspecified atom stereocenters. The summed E-state index contributed by atoms with van der Waals surface area (Å²) in [4.78, 5) is 52.3. The van der Waals surface area contributed by atoms with Crippen molar-refractivity contribution in [1.29, 1.82) is 0 Å². The van der Waals surface area contributed by atoms with Crippen LogP contribution in [0.4, 0.5) is 0 Å². The van der Waals surface area contributed by atoms with Crippen molar-refractivity contribution < 1.29 is 19.2 Å². The molecule has 0 spiro atoms. The molecule has 0 aliphatic carbocycles. The zero-order valence-corrected chi connectivity index (χ0v) is 16.7. The summed E-state index contributed by atoms with van der Waals surface area (Å²) in [6.45, 7) is 6.02. The fourth-order valence-electron chi connectivity index (χ4n) is 4.08. The lowest BCUT2D eigenvalue weighted by Gasteiger charge is -2.29. The molecule has 1 aromatic carbocycles. The van der Waals surface area contributed by atoms with Gasteiger partial charge >= 0.3 is 0 Å². The normalized spacial score (nSPS) is 23.2. The molecule has 3 aliphatic rings. The van der Waals surface area contributed by atoms with Gasteiger partial charge < -0.3 is 4.90 Å². The number of fused-ring (bicyclic) bond motifs is 1. The molecule has 4 amide bonds. The first kappa shape index (κ1) is 20.2. The van der Waals surface area contributed by atoms with E-state index >= 15 is 0 Å². The first-order valence-electron chi connectivity index (χ1n) is 10.00. The number of benzene rings is 1. The summed E-state index contributed by atoms with van der Waals surface area (Å²) >= 11 is 0. The zero-order chi connectivity index (χ0) is 20.4. The van der Waals surface area contributed by atoms with Gasteiger partial charge in [0, 0.05) is 6.42 Å². The SMILES string of the molecule is CC.CN1CCC(c2ccc3c(c2)C(=O)N(C2CCC(=O)NC2=O)C3=O)CC1. The summed E-state index contributed by atoms with van der Waals surface area (Å²) in [5.41, 5.74) is 1.79. The molecule has 4 rings (SSSR count). The summed E-state index contributed by atoms with van der Waals surface area (Å²) in [5, 5.41) is 2.21. The molecule has 3 aliphatic heterocycles. The highest BCUT2D eigenvalue weighted by molar-refractivity contribution is 6.23. The van der Waals surface area contributed by atoms with E-state index in [1.54, 1.807) is 6.07 Å². The number of rotatable bonds is 2. The van der Waals surface area contributed by atoms with Crippen LogP contribution < -0.4 is 5.32 Å². The van der Waals surface area contributed by atoms with Crippen molar-refractivity contribution >= 4 is 23.6 Å². The van der Waals surface area contributed by atoms with Gasteiger partial charge in [-0.25, -0.2) is 0 Å². The van der Waals surface area contributed by atoms with Crippen molar-refractivity contribution in [1.82, 2.24) is 15.1 Å². The van der Waals surface area contributed by atoms with Gasteiger partial charge in [0.2, 0.25) is 11.8 Å². The predicted molar refractivity (Wildman–Crippen MR) is 104 cm³/mol. The molecule has 2 saturated heterocycles. The van der Waals surface area contributed by atoms with E-state index in [0.717, 1.165) is 36.4 Å². The first-order chi connectivity index (χ1) is 13.5. The zero-order valence-electron chi connectivity index (χ0n) is 16.7. The summed E-state index contributed by atoms with van der Waals surface area (Å²) in [6.07, 6.45) is 2.35. The van der Waals surface area contributed by atoms with Crippen LogP contribution in [0.5, 0.6) is 0 Å². The number of carbonyl (C=O) groups is 4. The van der Waals surface area contributed by atoms with E-state index < -0.39 is 23.8 Å². The number of imide groups is 2. The van der Waals surface area contributed by atoms with Crippen molar-refractivity contribution in [3.05, 3.63) is 34.9 Å². The molecule has 150 valence electrons. The monoisotopic (exact) mass is 385 g/mol. The molecule has 28 heavy (non-hydrogen) atoms. The average molecular weight is 385 g/mol. The number of nitrogens with zero attached hydrogens (tertiary/aromatic N) is 2. The number of amides is 4. The third-order valence-electron chi connectivity index (χ3n) is 5.65. The minimum atomic E-state index is -0.910. The second kappa shape index (κ2) is 8.22. The number of nitrogens with one attached hydrogen (secondary N) is 1. The van der Waals surface area contributed by atoms with Gasteiger partial charge in [-0.1, -0.05) is 19.9 Å². The summed E-state index contributed by atoms with van der Waals surface area (Å²) in [6, 6.07) is 4.53. The van der Waals surface area contributed by atoms with Crippen molar-refractivity contribution in [3.63, 3.8) is 0 Å².